The lowest BCUT2D eigenvalue weighted by Gasteiger charge is -2.21. The Labute approximate surface area is 151 Å². The molecule has 1 aromatic rings. The minimum atomic E-state index is -3.25. The second-order valence-corrected chi connectivity index (χ2v) is 8.88. The van der Waals surface area contributed by atoms with Crippen LogP contribution in [0.15, 0.2) is 24.3 Å². The Kier molecular flexibility index (Phi) is 7.90. The molecule has 2 rings (SSSR count). The molecule has 1 aliphatic rings. The van der Waals surface area contributed by atoms with Crippen molar-refractivity contribution < 1.29 is 13.2 Å². The average molecular weight is 367 g/mol. The fourth-order valence-corrected chi connectivity index (χ4v) is 4.14. The topological polar surface area (TPSA) is 75.3 Å². The number of carbonyl (C=O) groups is 1. The molecule has 0 aliphatic heterocycles. The van der Waals surface area contributed by atoms with E-state index in [0.29, 0.717) is 13.0 Å². The number of sulfonamides is 1. The molecule has 1 aliphatic carbocycles. The summed E-state index contributed by atoms with van der Waals surface area (Å²) >= 11 is 0. The molecule has 0 heterocycles. The first-order chi connectivity index (χ1) is 12.0. The molecule has 0 unspecified atom stereocenters. The molecule has 1 aromatic carbocycles. The van der Waals surface area contributed by atoms with Gasteiger partial charge in [-0.3, -0.25) is 4.79 Å². The van der Waals surface area contributed by atoms with Crippen LogP contribution in [0.25, 0.3) is 0 Å². The van der Waals surface area contributed by atoms with E-state index in [9.17, 15) is 13.2 Å². The largest absolute Gasteiger partial charge is 0.352 e. The van der Waals surface area contributed by atoms with Crippen molar-refractivity contribution in [2.75, 3.05) is 7.05 Å². The van der Waals surface area contributed by atoms with E-state index >= 15 is 0 Å². The molecule has 0 bridgehead atoms. The fraction of sp³-hybridized carbons (Fsp3) is 0.632. The predicted octanol–water partition coefficient (Wildman–Crippen LogP) is 3.10. The number of carbonyl (C=O) groups excluding carboxylic acids is 1. The molecule has 2 N–H and O–H groups in total. The number of hydrogen-bond acceptors (Lipinski definition) is 3. The Morgan fingerprint density at radius 1 is 1.08 bits per heavy atom. The van der Waals surface area contributed by atoms with E-state index in [0.717, 1.165) is 23.5 Å². The summed E-state index contributed by atoms with van der Waals surface area (Å²) in [5.74, 6) is 0.887. The average Bonchev–Trinajstić information content (AvgIpc) is 2.62. The maximum Gasteiger partial charge on any atom is 0.220 e. The standard InChI is InChI=1S/C19H30N2O3S/c1-20-25(23,24)15-18-12-10-17(11-13-18)14-21-19(22)9-5-8-16-6-3-2-4-7-16/h10-13,16,20H,2-9,14-15H2,1H3,(H,21,22). The van der Waals surface area contributed by atoms with Gasteiger partial charge in [0.15, 0.2) is 0 Å². The van der Waals surface area contributed by atoms with Gasteiger partial charge in [0.1, 0.15) is 0 Å². The molecular formula is C19H30N2O3S. The molecule has 25 heavy (non-hydrogen) atoms. The zero-order chi connectivity index (χ0) is 18.1. The highest BCUT2D eigenvalue weighted by molar-refractivity contribution is 7.88. The van der Waals surface area contributed by atoms with Crippen LogP contribution in [0.5, 0.6) is 0 Å². The lowest BCUT2D eigenvalue weighted by atomic mass is 9.86. The molecule has 5 nitrogen and oxygen atoms in total. The Morgan fingerprint density at radius 2 is 1.72 bits per heavy atom. The van der Waals surface area contributed by atoms with E-state index in [1.807, 2.05) is 12.1 Å². The number of benzene rings is 1. The number of hydrogen-bond donors (Lipinski definition) is 2. The molecule has 0 aromatic heterocycles. The molecule has 1 fully saturated rings. The van der Waals surface area contributed by atoms with E-state index < -0.39 is 10.0 Å². The van der Waals surface area contributed by atoms with E-state index in [4.69, 9.17) is 0 Å². The Bertz CT molecular complexity index is 635. The first-order valence-electron chi connectivity index (χ1n) is 9.24. The summed E-state index contributed by atoms with van der Waals surface area (Å²) in [5, 5.41) is 2.95. The summed E-state index contributed by atoms with van der Waals surface area (Å²) in [7, 11) is -1.84. The van der Waals surface area contributed by atoms with Gasteiger partial charge in [0, 0.05) is 13.0 Å². The lowest BCUT2D eigenvalue weighted by molar-refractivity contribution is -0.121. The minimum absolute atomic E-state index is 0.0305. The van der Waals surface area contributed by atoms with Crippen molar-refractivity contribution >= 4 is 15.9 Å². The first-order valence-corrected chi connectivity index (χ1v) is 10.9. The van der Waals surface area contributed by atoms with E-state index in [1.165, 1.54) is 45.6 Å². The van der Waals surface area contributed by atoms with E-state index in [2.05, 4.69) is 10.0 Å². The van der Waals surface area contributed by atoms with Crippen LogP contribution in [0.1, 0.15) is 62.5 Å². The summed E-state index contributed by atoms with van der Waals surface area (Å²) in [4.78, 5) is 12.0. The van der Waals surface area contributed by atoms with Crippen LogP contribution in [0.2, 0.25) is 0 Å². The van der Waals surface area contributed by atoms with Crippen LogP contribution in [-0.2, 0) is 27.1 Å². The summed E-state index contributed by atoms with van der Waals surface area (Å²) in [6, 6.07) is 7.31. The smallest absolute Gasteiger partial charge is 0.220 e. The van der Waals surface area contributed by atoms with Gasteiger partial charge in [0.05, 0.1) is 5.75 Å². The third-order valence-electron chi connectivity index (χ3n) is 4.92. The van der Waals surface area contributed by atoms with E-state index in [1.54, 1.807) is 12.1 Å². The molecule has 0 spiro atoms. The zero-order valence-electron chi connectivity index (χ0n) is 15.1. The van der Waals surface area contributed by atoms with Crippen molar-refractivity contribution in [3.05, 3.63) is 35.4 Å². The quantitative estimate of drug-likeness (QED) is 0.705. The molecule has 6 heteroatoms. The van der Waals surface area contributed by atoms with E-state index in [-0.39, 0.29) is 11.7 Å². The van der Waals surface area contributed by atoms with Crippen molar-refractivity contribution in [3.63, 3.8) is 0 Å². The molecule has 0 saturated heterocycles. The van der Waals surface area contributed by atoms with Gasteiger partial charge >= 0.3 is 0 Å². The van der Waals surface area contributed by atoms with Gasteiger partial charge in [-0.15, -0.1) is 0 Å². The van der Waals surface area contributed by atoms with Gasteiger partial charge in [0.25, 0.3) is 0 Å². The maximum atomic E-state index is 12.0. The molecule has 140 valence electrons. The Balaban J connectivity index is 1.67. The maximum absolute atomic E-state index is 12.0. The van der Waals surface area contributed by atoms with Gasteiger partial charge < -0.3 is 5.32 Å². The molecule has 0 radical (unpaired) electrons. The van der Waals surface area contributed by atoms with Crippen molar-refractivity contribution in [1.29, 1.82) is 0 Å². The van der Waals surface area contributed by atoms with Crippen LogP contribution in [-0.4, -0.2) is 21.4 Å². The van der Waals surface area contributed by atoms with Crippen molar-refractivity contribution in [1.82, 2.24) is 10.0 Å². The van der Waals surface area contributed by atoms with Crippen molar-refractivity contribution in [3.8, 4) is 0 Å². The predicted molar refractivity (Wildman–Crippen MR) is 100 cm³/mol. The normalized spacial score (nSPS) is 15.9. The molecule has 0 atom stereocenters. The van der Waals surface area contributed by atoms with Crippen LogP contribution in [0.4, 0.5) is 0 Å². The summed E-state index contributed by atoms with van der Waals surface area (Å²) < 4.78 is 25.3. The number of rotatable bonds is 9. The van der Waals surface area contributed by atoms with Gasteiger partial charge in [-0.2, -0.15) is 0 Å². The van der Waals surface area contributed by atoms with Crippen LogP contribution < -0.4 is 10.0 Å². The summed E-state index contributed by atoms with van der Waals surface area (Å²) in [6.45, 7) is 0.487. The highest BCUT2D eigenvalue weighted by atomic mass is 32.2. The third-order valence-corrected chi connectivity index (χ3v) is 6.26. The van der Waals surface area contributed by atoms with Gasteiger partial charge in [-0.1, -0.05) is 56.4 Å². The molecule has 1 amide bonds. The highest BCUT2D eigenvalue weighted by Crippen LogP contribution is 2.27. The monoisotopic (exact) mass is 366 g/mol. The van der Waals surface area contributed by atoms with Crippen LogP contribution >= 0.6 is 0 Å². The SMILES string of the molecule is CNS(=O)(=O)Cc1ccc(CNC(=O)CCCC2CCCCC2)cc1. The third kappa shape index (κ3) is 7.57. The summed E-state index contributed by atoms with van der Waals surface area (Å²) in [5.41, 5.74) is 1.71. The van der Waals surface area contributed by atoms with Crippen molar-refractivity contribution in [2.24, 2.45) is 5.92 Å². The van der Waals surface area contributed by atoms with Gasteiger partial charge in [-0.25, -0.2) is 13.1 Å². The zero-order valence-corrected chi connectivity index (χ0v) is 15.9. The molecular weight excluding hydrogens is 336 g/mol. The Morgan fingerprint density at radius 3 is 2.36 bits per heavy atom. The fourth-order valence-electron chi connectivity index (χ4n) is 3.36. The summed E-state index contributed by atoms with van der Waals surface area (Å²) in [6.07, 6.45) is 9.46. The van der Waals surface area contributed by atoms with Crippen LogP contribution in [0, 0.1) is 5.92 Å². The lowest BCUT2D eigenvalue weighted by Crippen LogP contribution is -2.23. The minimum Gasteiger partial charge on any atom is -0.352 e. The molecule has 1 saturated carbocycles. The Hall–Kier alpha value is -1.40. The second kappa shape index (κ2) is 9.92. The van der Waals surface area contributed by atoms with Crippen molar-refractivity contribution in [2.45, 2.75) is 63.7 Å². The van der Waals surface area contributed by atoms with Gasteiger partial charge in [-0.05, 0) is 36.9 Å². The number of amides is 1. The number of nitrogens with one attached hydrogen (secondary N) is 2. The highest BCUT2D eigenvalue weighted by Gasteiger charge is 2.13. The van der Waals surface area contributed by atoms with Crippen LogP contribution in [0.3, 0.4) is 0 Å². The first kappa shape index (κ1) is 19.9. The van der Waals surface area contributed by atoms with Gasteiger partial charge in [0.2, 0.25) is 15.9 Å². The second-order valence-electron chi connectivity index (χ2n) is 6.95.